The first-order valence-corrected chi connectivity index (χ1v) is 12.3. The van der Waals surface area contributed by atoms with Gasteiger partial charge in [-0.25, -0.2) is 14.3 Å². The summed E-state index contributed by atoms with van der Waals surface area (Å²) in [7, 11) is 0. The number of hydrogen-bond donors (Lipinski definition) is 1. The van der Waals surface area contributed by atoms with Crippen molar-refractivity contribution in [1.29, 1.82) is 0 Å². The molecule has 6 nitrogen and oxygen atoms in total. The molecule has 1 N–H and O–H groups in total. The number of nitrogens with one attached hydrogen (secondary N) is 1. The first-order valence-electron chi connectivity index (χ1n) is 11.4. The van der Waals surface area contributed by atoms with E-state index in [1.54, 1.807) is 17.0 Å². The average Bonchev–Trinajstić information content (AvgIpc) is 3.23. The first-order chi connectivity index (χ1) is 17.1. The molecule has 1 atom stereocenters. The molecule has 8 heteroatoms. The zero-order valence-corrected chi connectivity index (χ0v) is 19.7. The van der Waals surface area contributed by atoms with Crippen molar-refractivity contribution >= 4 is 40.3 Å². The Kier molecular flexibility index (Phi) is 6.72. The van der Waals surface area contributed by atoms with Crippen molar-refractivity contribution in [2.75, 3.05) is 0 Å². The van der Waals surface area contributed by atoms with Crippen LogP contribution in [0.2, 0.25) is 0 Å². The standard InChI is InChI=1S/C27H23FN4O2S/c28-20-12-10-19(11-13-20)17-35-27-31-22-9-5-4-8-21(22)25-30-23(26(34)32(25)27)14-15-24(33)29-16-18-6-2-1-3-7-18/h1-13,23H,14-17H2,(H,29,33)/t23-/m1/s1. The van der Waals surface area contributed by atoms with Crippen LogP contribution >= 0.6 is 11.8 Å². The number of hydrogen-bond acceptors (Lipinski definition) is 5. The van der Waals surface area contributed by atoms with Crippen LogP contribution < -0.4 is 5.32 Å². The van der Waals surface area contributed by atoms with Gasteiger partial charge in [0.2, 0.25) is 5.91 Å². The summed E-state index contributed by atoms with van der Waals surface area (Å²) in [4.78, 5) is 36.7. The fraction of sp³-hybridized carbons (Fsp3) is 0.185. The summed E-state index contributed by atoms with van der Waals surface area (Å²) in [5, 5.41) is 3.44. The van der Waals surface area contributed by atoms with Gasteiger partial charge in [-0.1, -0.05) is 66.4 Å². The van der Waals surface area contributed by atoms with Gasteiger partial charge < -0.3 is 5.32 Å². The molecule has 2 aliphatic heterocycles. The Balaban J connectivity index is 1.28. The number of aliphatic imine (C=N–C) groups is 2. The summed E-state index contributed by atoms with van der Waals surface area (Å²) < 4.78 is 13.3. The van der Waals surface area contributed by atoms with E-state index in [0.29, 0.717) is 29.7 Å². The highest BCUT2D eigenvalue weighted by atomic mass is 32.2. The van der Waals surface area contributed by atoms with Crippen molar-refractivity contribution < 1.29 is 14.0 Å². The Hall–Kier alpha value is -3.78. The normalized spacial score (nSPS) is 16.3. The maximum atomic E-state index is 13.3. The van der Waals surface area contributed by atoms with Gasteiger partial charge in [-0.15, -0.1) is 0 Å². The molecule has 35 heavy (non-hydrogen) atoms. The molecule has 0 aliphatic carbocycles. The van der Waals surface area contributed by atoms with Gasteiger partial charge in [-0.05, 0) is 41.8 Å². The van der Waals surface area contributed by atoms with Crippen LogP contribution in [0.15, 0.2) is 88.8 Å². The molecule has 0 bridgehead atoms. The lowest BCUT2D eigenvalue weighted by Gasteiger charge is -2.25. The molecule has 0 saturated carbocycles. The number of carbonyl (C=O) groups excluding carboxylic acids is 2. The topological polar surface area (TPSA) is 74.1 Å². The van der Waals surface area contributed by atoms with Gasteiger partial charge in [0.15, 0.2) is 5.17 Å². The Morgan fingerprint density at radius 2 is 1.71 bits per heavy atom. The molecule has 2 amide bonds. The number of halogens is 1. The minimum atomic E-state index is -0.643. The van der Waals surface area contributed by atoms with Crippen LogP contribution in [-0.2, 0) is 21.9 Å². The predicted molar refractivity (Wildman–Crippen MR) is 136 cm³/mol. The Morgan fingerprint density at radius 3 is 2.51 bits per heavy atom. The molecule has 3 aromatic rings. The van der Waals surface area contributed by atoms with Crippen LogP contribution in [0.5, 0.6) is 0 Å². The number of para-hydroxylation sites is 1. The summed E-state index contributed by atoms with van der Waals surface area (Å²) in [5.41, 5.74) is 3.49. The summed E-state index contributed by atoms with van der Waals surface area (Å²) in [6.45, 7) is 0.448. The summed E-state index contributed by atoms with van der Waals surface area (Å²) >= 11 is 1.40. The average molecular weight is 487 g/mol. The third-order valence-electron chi connectivity index (χ3n) is 5.81. The van der Waals surface area contributed by atoms with E-state index < -0.39 is 6.04 Å². The number of amidine groups is 2. The van der Waals surface area contributed by atoms with Crippen molar-refractivity contribution in [3.05, 3.63) is 101 Å². The molecule has 0 fully saturated rings. The van der Waals surface area contributed by atoms with E-state index >= 15 is 0 Å². The fourth-order valence-electron chi connectivity index (χ4n) is 3.97. The molecule has 3 aromatic carbocycles. The van der Waals surface area contributed by atoms with E-state index in [1.165, 1.54) is 23.9 Å². The van der Waals surface area contributed by atoms with Crippen LogP contribution in [0.1, 0.15) is 29.5 Å². The molecule has 0 aromatic heterocycles. The molecule has 0 spiro atoms. The molecule has 2 heterocycles. The maximum absolute atomic E-state index is 13.3. The maximum Gasteiger partial charge on any atom is 0.259 e. The zero-order valence-electron chi connectivity index (χ0n) is 18.9. The van der Waals surface area contributed by atoms with Crippen molar-refractivity contribution in [1.82, 2.24) is 10.2 Å². The SMILES string of the molecule is O=C(CC[C@H]1N=C2c3ccccc3N=C(SCc3ccc(F)cc3)N2C1=O)NCc1ccccc1. The molecular formula is C27H23FN4O2S. The van der Waals surface area contributed by atoms with Gasteiger partial charge in [0.25, 0.3) is 5.91 Å². The minimum Gasteiger partial charge on any atom is -0.352 e. The second kappa shape index (κ2) is 10.2. The van der Waals surface area contributed by atoms with Crippen LogP contribution in [0.4, 0.5) is 10.1 Å². The quantitative estimate of drug-likeness (QED) is 0.521. The second-order valence-electron chi connectivity index (χ2n) is 8.27. The fourth-order valence-corrected chi connectivity index (χ4v) is 4.92. The Bertz CT molecular complexity index is 1310. The first kappa shape index (κ1) is 23.0. The second-order valence-corrected chi connectivity index (χ2v) is 9.21. The van der Waals surface area contributed by atoms with Crippen molar-refractivity contribution in [2.45, 2.75) is 31.2 Å². The summed E-state index contributed by atoms with van der Waals surface area (Å²) in [6.07, 6.45) is 0.516. The largest absolute Gasteiger partial charge is 0.352 e. The van der Waals surface area contributed by atoms with Gasteiger partial charge in [-0.3, -0.25) is 14.6 Å². The summed E-state index contributed by atoms with van der Waals surface area (Å²) in [5.74, 6) is 0.507. The van der Waals surface area contributed by atoms with Crippen LogP contribution in [0.25, 0.3) is 0 Å². The highest BCUT2D eigenvalue weighted by Gasteiger charge is 2.41. The number of fused-ring (bicyclic) bond motifs is 3. The van der Waals surface area contributed by atoms with Crippen molar-refractivity contribution in [2.24, 2.45) is 9.98 Å². The molecule has 0 radical (unpaired) electrons. The number of amides is 2. The van der Waals surface area contributed by atoms with Crippen LogP contribution in [-0.4, -0.2) is 33.8 Å². The lowest BCUT2D eigenvalue weighted by molar-refractivity contribution is -0.125. The Labute approximate surface area is 207 Å². The predicted octanol–water partition coefficient (Wildman–Crippen LogP) is 4.81. The lowest BCUT2D eigenvalue weighted by atomic mass is 10.1. The van der Waals surface area contributed by atoms with E-state index in [1.807, 2.05) is 54.6 Å². The number of rotatable bonds is 7. The van der Waals surface area contributed by atoms with Gasteiger partial charge in [0.05, 0.1) is 5.69 Å². The van der Waals surface area contributed by atoms with E-state index in [2.05, 4.69) is 5.32 Å². The number of carbonyl (C=O) groups is 2. The van der Waals surface area contributed by atoms with Crippen LogP contribution in [0, 0.1) is 5.82 Å². The van der Waals surface area contributed by atoms with Gasteiger partial charge in [-0.2, -0.15) is 0 Å². The van der Waals surface area contributed by atoms with Crippen molar-refractivity contribution in [3.63, 3.8) is 0 Å². The van der Waals surface area contributed by atoms with Gasteiger partial charge in [0.1, 0.15) is 17.7 Å². The third-order valence-corrected chi connectivity index (χ3v) is 6.82. The van der Waals surface area contributed by atoms with Crippen molar-refractivity contribution in [3.8, 4) is 0 Å². The van der Waals surface area contributed by atoms with Crippen LogP contribution in [0.3, 0.4) is 0 Å². The molecule has 176 valence electrons. The van der Waals surface area contributed by atoms with E-state index in [9.17, 15) is 14.0 Å². The Morgan fingerprint density at radius 1 is 0.971 bits per heavy atom. The molecule has 5 rings (SSSR count). The number of thioether (sulfide) groups is 1. The lowest BCUT2D eigenvalue weighted by Crippen LogP contribution is -2.41. The van der Waals surface area contributed by atoms with E-state index in [4.69, 9.17) is 9.98 Å². The van der Waals surface area contributed by atoms with Gasteiger partial charge >= 0.3 is 0 Å². The highest BCUT2D eigenvalue weighted by molar-refractivity contribution is 8.13. The zero-order chi connectivity index (χ0) is 24.2. The third kappa shape index (κ3) is 5.17. The molecule has 0 unspecified atom stereocenters. The molecular weight excluding hydrogens is 463 g/mol. The highest BCUT2D eigenvalue weighted by Crippen LogP contribution is 2.35. The number of nitrogens with zero attached hydrogens (tertiary/aromatic N) is 3. The number of benzene rings is 3. The minimum absolute atomic E-state index is 0.119. The molecule has 0 saturated heterocycles. The van der Waals surface area contributed by atoms with E-state index in [0.717, 1.165) is 22.4 Å². The monoisotopic (exact) mass is 486 g/mol. The summed E-state index contributed by atoms with van der Waals surface area (Å²) in [6, 6.07) is 22.9. The van der Waals surface area contributed by atoms with Gasteiger partial charge in [0, 0.05) is 24.3 Å². The smallest absolute Gasteiger partial charge is 0.259 e. The molecule has 2 aliphatic rings. The van der Waals surface area contributed by atoms with E-state index in [-0.39, 0.29) is 24.1 Å².